The van der Waals surface area contributed by atoms with E-state index in [0.717, 1.165) is 11.3 Å². The highest BCUT2D eigenvalue weighted by atomic mass is 35.5. The van der Waals surface area contributed by atoms with Crippen LogP contribution in [0.15, 0.2) is 42.5 Å². The number of nitrogens with one attached hydrogen (secondary N) is 2. The van der Waals surface area contributed by atoms with Gasteiger partial charge in [-0.1, -0.05) is 17.7 Å². The molecule has 2 aromatic rings. The highest BCUT2D eigenvalue weighted by Crippen LogP contribution is 2.22. The minimum atomic E-state index is -0.180. The number of hydrogen-bond acceptors (Lipinski definition) is 3. The molecular weight excluding hydrogens is 326 g/mol. The zero-order chi connectivity index (χ0) is 17.7. The minimum Gasteiger partial charge on any atom is -0.376 e. The molecular formula is C18H20ClN3O2. The van der Waals surface area contributed by atoms with Gasteiger partial charge < -0.3 is 15.5 Å². The zero-order valence-electron chi connectivity index (χ0n) is 13.9. The number of amides is 2. The van der Waals surface area contributed by atoms with Gasteiger partial charge in [0.05, 0.1) is 6.54 Å². The molecule has 126 valence electrons. The normalized spacial score (nSPS) is 10.2. The van der Waals surface area contributed by atoms with Crippen LogP contribution in [0, 0.1) is 6.92 Å². The van der Waals surface area contributed by atoms with Crippen molar-refractivity contribution in [1.82, 2.24) is 4.90 Å². The summed E-state index contributed by atoms with van der Waals surface area (Å²) in [4.78, 5) is 25.3. The second-order valence-corrected chi connectivity index (χ2v) is 6.00. The maximum Gasteiger partial charge on any atom is 0.253 e. The third kappa shape index (κ3) is 4.49. The van der Waals surface area contributed by atoms with Crippen molar-refractivity contribution < 1.29 is 9.59 Å². The van der Waals surface area contributed by atoms with Crippen molar-refractivity contribution in [1.29, 1.82) is 0 Å². The van der Waals surface area contributed by atoms with Crippen LogP contribution in [0.2, 0.25) is 5.02 Å². The predicted molar refractivity (Wildman–Crippen MR) is 97.8 cm³/mol. The summed E-state index contributed by atoms with van der Waals surface area (Å²) in [5, 5.41) is 6.50. The Hall–Kier alpha value is -2.53. The van der Waals surface area contributed by atoms with Gasteiger partial charge in [0, 0.05) is 36.1 Å². The molecule has 2 N–H and O–H groups in total. The summed E-state index contributed by atoms with van der Waals surface area (Å²) in [6, 6.07) is 12.3. The van der Waals surface area contributed by atoms with Gasteiger partial charge in [-0.3, -0.25) is 9.59 Å². The standard InChI is InChI=1S/C18H20ClN3O2/c1-12-15(19)5-4-6-16(12)20-11-17(23)21-14-9-7-13(8-10-14)18(24)22(2)3/h4-10,20H,11H2,1-3H3,(H,21,23). The molecule has 2 aromatic carbocycles. The minimum absolute atomic E-state index is 0.0778. The fourth-order valence-electron chi connectivity index (χ4n) is 2.13. The first-order valence-corrected chi connectivity index (χ1v) is 7.87. The van der Waals surface area contributed by atoms with E-state index in [2.05, 4.69) is 10.6 Å². The molecule has 0 aliphatic rings. The first-order chi connectivity index (χ1) is 11.4. The highest BCUT2D eigenvalue weighted by Gasteiger charge is 2.09. The van der Waals surface area contributed by atoms with Crippen molar-refractivity contribution in [2.75, 3.05) is 31.3 Å². The fraction of sp³-hybridized carbons (Fsp3) is 0.222. The third-order valence-corrected chi connectivity index (χ3v) is 3.94. The zero-order valence-corrected chi connectivity index (χ0v) is 14.6. The fourth-order valence-corrected chi connectivity index (χ4v) is 2.31. The van der Waals surface area contributed by atoms with Crippen LogP contribution in [-0.2, 0) is 4.79 Å². The molecule has 5 nitrogen and oxygen atoms in total. The summed E-state index contributed by atoms with van der Waals surface area (Å²) in [6.07, 6.45) is 0. The smallest absolute Gasteiger partial charge is 0.253 e. The monoisotopic (exact) mass is 345 g/mol. The van der Waals surface area contributed by atoms with E-state index < -0.39 is 0 Å². The molecule has 0 bridgehead atoms. The van der Waals surface area contributed by atoms with Crippen LogP contribution in [0.1, 0.15) is 15.9 Å². The lowest BCUT2D eigenvalue weighted by Crippen LogP contribution is -2.23. The molecule has 0 saturated heterocycles. The van der Waals surface area contributed by atoms with Crippen molar-refractivity contribution in [2.24, 2.45) is 0 Å². The molecule has 0 aliphatic carbocycles. The van der Waals surface area contributed by atoms with E-state index in [1.807, 2.05) is 19.1 Å². The van der Waals surface area contributed by atoms with Crippen molar-refractivity contribution in [3.63, 3.8) is 0 Å². The molecule has 0 fully saturated rings. The van der Waals surface area contributed by atoms with Gasteiger partial charge in [0.2, 0.25) is 5.91 Å². The lowest BCUT2D eigenvalue weighted by atomic mass is 10.2. The second kappa shape index (κ2) is 7.84. The van der Waals surface area contributed by atoms with Crippen LogP contribution in [0.25, 0.3) is 0 Å². The van der Waals surface area contributed by atoms with E-state index in [0.29, 0.717) is 16.3 Å². The van der Waals surface area contributed by atoms with Gasteiger partial charge in [-0.2, -0.15) is 0 Å². The van der Waals surface area contributed by atoms with Gasteiger partial charge in [0.1, 0.15) is 0 Å². The molecule has 2 rings (SSSR count). The number of nitrogens with zero attached hydrogens (tertiary/aromatic N) is 1. The van der Waals surface area contributed by atoms with E-state index in [-0.39, 0.29) is 18.4 Å². The summed E-state index contributed by atoms with van der Waals surface area (Å²) in [7, 11) is 3.39. The lowest BCUT2D eigenvalue weighted by Gasteiger charge is -2.12. The molecule has 0 aliphatic heterocycles. The van der Waals surface area contributed by atoms with E-state index in [4.69, 9.17) is 11.6 Å². The Bertz CT molecular complexity index is 742. The molecule has 0 atom stereocenters. The largest absolute Gasteiger partial charge is 0.376 e. The molecule has 0 heterocycles. The number of carbonyl (C=O) groups excluding carboxylic acids is 2. The van der Waals surface area contributed by atoms with Gasteiger partial charge in [-0.25, -0.2) is 0 Å². The first kappa shape index (κ1) is 17.8. The second-order valence-electron chi connectivity index (χ2n) is 5.59. The SMILES string of the molecule is Cc1c(Cl)cccc1NCC(=O)Nc1ccc(C(=O)N(C)C)cc1. The number of anilines is 2. The number of rotatable bonds is 5. The van der Waals surface area contributed by atoms with E-state index in [1.165, 1.54) is 4.90 Å². The van der Waals surface area contributed by atoms with Crippen LogP contribution < -0.4 is 10.6 Å². The van der Waals surface area contributed by atoms with E-state index in [9.17, 15) is 9.59 Å². The Kier molecular flexibility index (Phi) is 5.82. The summed E-state index contributed by atoms with van der Waals surface area (Å²) in [6.45, 7) is 2.02. The number of halogens is 1. The van der Waals surface area contributed by atoms with Crippen molar-refractivity contribution >= 4 is 34.8 Å². The summed E-state index contributed by atoms with van der Waals surface area (Å²) < 4.78 is 0. The highest BCUT2D eigenvalue weighted by molar-refractivity contribution is 6.31. The Morgan fingerprint density at radius 1 is 1.08 bits per heavy atom. The molecule has 0 radical (unpaired) electrons. The number of hydrogen-bond donors (Lipinski definition) is 2. The average Bonchev–Trinajstić information content (AvgIpc) is 2.56. The molecule has 0 spiro atoms. The quantitative estimate of drug-likeness (QED) is 0.873. The molecule has 2 amide bonds. The maximum atomic E-state index is 12.0. The van der Waals surface area contributed by atoms with Crippen LogP contribution in [-0.4, -0.2) is 37.4 Å². The van der Waals surface area contributed by atoms with Crippen molar-refractivity contribution in [3.05, 3.63) is 58.6 Å². The summed E-state index contributed by atoms with van der Waals surface area (Å²) >= 11 is 6.05. The van der Waals surface area contributed by atoms with Crippen molar-refractivity contribution in [2.45, 2.75) is 6.92 Å². The Labute approximate surface area is 146 Å². The maximum absolute atomic E-state index is 12.0. The van der Waals surface area contributed by atoms with Crippen LogP contribution in [0.3, 0.4) is 0 Å². The predicted octanol–water partition coefficient (Wildman–Crippen LogP) is 3.40. The van der Waals surface area contributed by atoms with Gasteiger partial charge in [0.15, 0.2) is 0 Å². The summed E-state index contributed by atoms with van der Waals surface area (Å²) in [5.41, 5.74) is 2.94. The van der Waals surface area contributed by atoms with E-state index in [1.54, 1.807) is 44.4 Å². The van der Waals surface area contributed by atoms with Crippen molar-refractivity contribution in [3.8, 4) is 0 Å². The van der Waals surface area contributed by atoms with Gasteiger partial charge in [-0.15, -0.1) is 0 Å². The molecule has 0 saturated carbocycles. The summed E-state index contributed by atoms with van der Waals surface area (Å²) in [5.74, 6) is -0.257. The molecule has 6 heteroatoms. The Balaban J connectivity index is 1.93. The molecule has 24 heavy (non-hydrogen) atoms. The Morgan fingerprint density at radius 2 is 1.75 bits per heavy atom. The lowest BCUT2D eigenvalue weighted by molar-refractivity contribution is -0.114. The topological polar surface area (TPSA) is 61.4 Å². The first-order valence-electron chi connectivity index (χ1n) is 7.49. The Morgan fingerprint density at radius 3 is 2.38 bits per heavy atom. The molecule has 0 aromatic heterocycles. The van der Waals surface area contributed by atoms with Crippen LogP contribution >= 0.6 is 11.6 Å². The van der Waals surface area contributed by atoms with Gasteiger partial charge >= 0.3 is 0 Å². The third-order valence-electron chi connectivity index (χ3n) is 3.53. The number of carbonyl (C=O) groups is 2. The van der Waals surface area contributed by atoms with Gasteiger partial charge in [0.25, 0.3) is 5.91 Å². The van der Waals surface area contributed by atoms with Gasteiger partial charge in [-0.05, 0) is 48.9 Å². The number of benzene rings is 2. The average molecular weight is 346 g/mol. The van der Waals surface area contributed by atoms with E-state index >= 15 is 0 Å². The van der Waals surface area contributed by atoms with Crippen LogP contribution in [0.5, 0.6) is 0 Å². The van der Waals surface area contributed by atoms with Crippen LogP contribution in [0.4, 0.5) is 11.4 Å². The molecule has 0 unspecified atom stereocenters.